The first-order valence-electron chi connectivity index (χ1n) is 3.71. The first kappa shape index (κ1) is 9.80. The second kappa shape index (κ2) is 4.67. The Kier molecular flexibility index (Phi) is 3.52. The van der Waals surface area contributed by atoms with Crippen LogP contribution in [-0.2, 0) is 4.74 Å². The zero-order chi connectivity index (χ0) is 9.68. The average molecular weight is 198 g/mol. The number of thiocarbonyl (C=S) groups is 1. The molecule has 1 N–H and O–H groups in total. The highest BCUT2D eigenvalue weighted by Crippen LogP contribution is 2.24. The SMILES string of the molecule is COC(=S)COc1ccccc1O. The second-order valence-corrected chi connectivity index (χ2v) is 2.79. The van der Waals surface area contributed by atoms with E-state index >= 15 is 0 Å². The van der Waals surface area contributed by atoms with Gasteiger partial charge in [-0.2, -0.15) is 0 Å². The van der Waals surface area contributed by atoms with Crippen molar-refractivity contribution in [2.45, 2.75) is 0 Å². The number of ether oxygens (including phenoxy) is 2. The largest absolute Gasteiger partial charge is 0.504 e. The van der Waals surface area contributed by atoms with Gasteiger partial charge in [-0.3, -0.25) is 0 Å². The number of phenolic OH excluding ortho intramolecular Hbond substituents is 1. The third kappa shape index (κ3) is 2.91. The van der Waals surface area contributed by atoms with Crippen LogP contribution in [0.15, 0.2) is 24.3 Å². The predicted molar refractivity (Wildman–Crippen MR) is 53.2 cm³/mol. The molecule has 13 heavy (non-hydrogen) atoms. The second-order valence-electron chi connectivity index (χ2n) is 2.33. The van der Waals surface area contributed by atoms with Crippen LogP contribution in [0.4, 0.5) is 0 Å². The molecule has 0 spiro atoms. The summed E-state index contributed by atoms with van der Waals surface area (Å²) in [5.74, 6) is 0.503. The molecule has 0 amide bonds. The van der Waals surface area contributed by atoms with Gasteiger partial charge in [0.2, 0.25) is 0 Å². The van der Waals surface area contributed by atoms with E-state index in [4.69, 9.17) is 21.7 Å². The van der Waals surface area contributed by atoms with Gasteiger partial charge >= 0.3 is 0 Å². The van der Waals surface area contributed by atoms with Gasteiger partial charge in [0.1, 0.15) is 0 Å². The van der Waals surface area contributed by atoms with Crippen molar-refractivity contribution in [1.29, 1.82) is 0 Å². The van der Waals surface area contributed by atoms with Crippen LogP contribution in [0.5, 0.6) is 11.5 Å². The van der Waals surface area contributed by atoms with Crippen molar-refractivity contribution < 1.29 is 14.6 Å². The number of rotatable bonds is 3. The molecule has 0 aliphatic heterocycles. The molecule has 1 aromatic rings. The number of benzene rings is 1. The maximum atomic E-state index is 9.29. The summed E-state index contributed by atoms with van der Waals surface area (Å²) in [4.78, 5) is 0. The Hall–Kier alpha value is -1.29. The minimum absolute atomic E-state index is 0.0985. The summed E-state index contributed by atoms with van der Waals surface area (Å²) in [6.45, 7) is 0.170. The Morgan fingerprint density at radius 3 is 2.77 bits per heavy atom. The van der Waals surface area contributed by atoms with Crippen LogP contribution in [-0.4, -0.2) is 23.9 Å². The lowest BCUT2D eigenvalue weighted by molar-refractivity contribution is 0.308. The van der Waals surface area contributed by atoms with E-state index in [0.29, 0.717) is 10.8 Å². The number of hydrogen-bond donors (Lipinski definition) is 1. The molecule has 3 nitrogen and oxygen atoms in total. The van der Waals surface area contributed by atoms with Crippen LogP contribution in [0.25, 0.3) is 0 Å². The average Bonchev–Trinajstić information content (AvgIpc) is 2.16. The number of methoxy groups -OCH3 is 1. The lowest BCUT2D eigenvalue weighted by atomic mass is 10.3. The van der Waals surface area contributed by atoms with E-state index < -0.39 is 0 Å². The van der Waals surface area contributed by atoms with Gasteiger partial charge in [-0.15, -0.1) is 0 Å². The molecule has 1 aromatic carbocycles. The van der Waals surface area contributed by atoms with Crippen molar-refractivity contribution in [3.05, 3.63) is 24.3 Å². The first-order valence-corrected chi connectivity index (χ1v) is 4.12. The smallest absolute Gasteiger partial charge is 0.197 e. The molecular weight excluding hydrogens is 188 g/mol. The van der Waals surface area contributed by atoms with Gasteiger partial charge in [0, 0.05) is 0 Å². The Bertz CT molecular complexity index is 299. The molecule has 70 valence electrons. The van der Waals surface area contributed by atoms with E-state index in [1.54, 1.807) is 24.3 Å². The van der Waals surface area contributed by atoms with Crippen LogP contribution >= 0.6 is 12.2 Å². The molecule has 0 aliphatic carbocycles. The van der Waals surface area contributed by atoms with Gasteiger partial charge in [0.05, 0.1) is 7.11 Å². The molecule has 0 saturated heterocycles. The van der Waals surface area contributed by atoms with Crippen molar-refractivity contribution in [3.63, 3.8) is 0 Å². The van der Waals surface area contributed by atoms with E-state index in [1.165, 1.54) is 7.11 Å². The van der Waals surface area contributed by atoms with Crippen molar-refractivity contribution in [3.8, 4) is 11.5 Å². The highest BCUT2D eigenvalue weighted by molar-refractivity contribution is 7.80. The third-order valence-corrected chi connectivity index (χ3v) is 1.72. The summed E-state index contributed by atoms with van der Waals surface area (Å²) in [7, 11) is 1.48. The van der Waals surface area contributed by atoms with Crippen LogP contribution in [0.1, 0.15) is 0 Å². The summed E-state index contributed by atoms with van der Waals surface area (Å²) in [5.41, 5.74) is 0. The van der Waals surface area contributed by atoms with Gasteiger partial charge < -0.3 is 14.6 Å². The standard InChI is InChI=1S/C9H10O3S/c1-11-9(13)6-12-8-5-3-2-4-7(8)10/h2-5,10H,6H2,1H3. The molecule has 0 heterocycles. The van der Waals surface area contributed by atoms with Crippen LogP contribution < -0.4 is 4.74 Å². The fourth-order valence-corrected chi connectivity index (χ4v) is 0.834. The van der Waals surface area contributed by atoms with Gasteiger partial charge in [-0.05, 0) is 24.4 Å². The molecule has 0 aliphatic rings. The Morgan fingerprint density at radius 1 is 1.46 bits per heavy atom. The zero-order valence-corrected chi connectivity index (χ0v) is 8.00. The number of hydrogen-bond acceptors (Lipinski definition) is 4. The summed E-state index contributed by atoms with van der Waals surface area (Å²) in [6, 6.07) is 6.69. The molecule has 0 bridgehead atoms. The fraction of sp³-hybridized carbons (Fsp3) is 0.222. The number of phenols is 1. The molecule has 0 fully saturated rings. The van der Waals surface area contributed by atoms with Gasteiger partial charge in [-0.25, -0.2) is 0 Å². The summed E-state index contributed by atoms with van der Waals surface area (Å²) in [6.07, 6.45) is 0. The van der Waals surface area contributed by atoms with Crippen molar-refractivity contribution in [2.24, 2.45) is 0 Å². The molecule has 0 saturated carbocycles. The summed E-state index contributed by atoms with van der Waals surface area (Å²) in [5, 5.41) is 9.64. The lowest BCUT2D eigenvalue weighted by Gasteiger charge is -2.07. The lowest BCUT2D eigenvalue weighted by Crippen LogP contribution is -2.10. The fourth-order valence-electron chi connectivity index (χ4n) is 0.775. The molecule has 0 atom stereocenters. The van der Waals surface area contributed by atoms with Crippen LogP contribution in [0, 0.1) is 0 Å². The van der Waals surface area contributed by atoms with Crippen molar-refractivity contribution in [1.82, 2.24) is 0 Å². The Morgan fingerprint density at radius 2 is 2.15 bits per heavy atom. The van der Waals surface area contributed by atoms with Crippen molar-refractivity contribution >= 4 is 17.3 Å². The number of para-hydroxylation sites is 2. The highest BCUT2D eigenvalue weighted by Gasteiger charge is 2.01. The minimum atomic E-state index is 0.0985. The molecule has 4 heteroatoms. The van der Waals surface area contributed by atoms with Gasteiger partial charge in [0.25, 0.3) is 0 Å². The molecular formula is C9H10O3S. The third-order valence-electron chi connectivity index (χ3n) is 1.44. The maximum absolute atomic E-state index is 9.29. The normalized spacial score (nSPS) is 9.31. The first-order chi connectivity index (χ1) is 6.24. The maximum Gasteiger partial charge on any atom is 0.197 e. The summed E-state index contributed by atoms with van der Waals surface area (Å²) < 4.78 is 9.91. The van der Waals surface area contributed by atoms with Gasteiger partial charge in [-0.1, -0.05) is 12.1 Å². The van der Waals surface area contributed by atoms with Crippen LogP contribution in [0.2, 0.25) is 0 Å². The Balaban J connectivity index is 2.54. The zero-order valence-electron chi connectivity index (χ0n) is 7.19. The van der Waals surface area contributed by atoms with Gasteiger partial charge in [0.15, 0.2) is 23.2 Å². The van der Waals surface area contributed by atoms with E-state index in [9.17, 15) is 5.11 Å². The molecule has 0 unspecified atom stereocenters. The minimum Gasteiger partial charge on any atom is -0.504 e. The number of aromatic hydroxyl groups is 1. The van der Waals surface area contributed by atoms with E-state index in [1.807, 2.05) is 0 Å². The quantitative estimate of drug-likeness (QED) is 0.751. The topological polar surface area (TPSA) is 38.7 Å². The molecule has 1 rings (SSSR count). The molecule has 0 aromatic heterocycles. The predicted octanol–water partition coefficient (Wildman–Crippen LogP) is 1.74. The van der Waals surface area contributed by atoms with Crippen molar-refractivity contribution in [2.75, 3.05) is 13.7 Å². The van der Waals surface area contributed by atoms with E-state index in [2.05, 4.69) is 0 Å². The van der Waals surface area contributed by atoms with E-state index in [-0.39, 0.29) is 12.4 Å². The van der Waals surface area contributed by atoms with E-state index in [0.717, 1.165) is 0 Å². The highest BCUT2D eigenvalue weighted by atomic mass is 32.1. The molecule has 0 radical (unpaired) electrons. The van der Waals surface area contributed by atoms with Crippen LogP contribution in [0.3, 0.4) is 0 Å². The summed E-state index contributed by atoms with van der Waals surface area (Å²) >= 11 is 4.77. The Labute approximate surface area is 81.9 Å². The monoisotopic (exact) mass is 198 g/mol.